The number of esters is 1. The first-order chi connectivity index (χ1) is 11.7. The summed E-state index contributed by atoms with van der Waals surface area (Å²) in [5.74, 6) is -0.350. The summed E-state index contributed by atoms with van der Waals surface area (Å²) in [4.78, 5) is 23.9. The third-order valence-corrected chi connectivity index (χ3v) is 3.77. The Morgan fingerprint density at radius 2 is 1.92 bits per heavy atom. The average Bonchev–Trinajstić information content (AvgIpc) is 3.45. The number of rotatable bonds is 5. The Labute approximate surface area is 139 Å². The van der Waals surface area contributed by atoms with Crippen LogP contribution < -0.4 is 5.32 Å². The molecule has 1 amide bonds. The molecule has 2 aromatic rings. The summed E-state index contributed by atoms with van der Waals surface area (Å²) in [6, 6.07) is 15.6. The number of amides is 1. The summed E-state index contributed by atoms with van der Waals surface area (Å²) in [5.41, 5.74) is 2.35. The zero-order chi connectivity index (χ0) is 16.9. The SMILES string of the molecule is N#Cc1ccc(COC(=O)c2cccc(NC(=O)C3CC3)c2)cc1. The second kappa shape index (κ2) is 6.97. The quantitative estimate of drug-likeness (QED) is 0.858. The standard InChI is InChI=1S/C19H16N2O3/c20-11-13-4-6-14(7-5-13)12-24-19(23)16-2-1-3-17(10-16)21-18(22)15-8-9-15/h1-7,10,15H,8-9,12H2,(H,21,22). The highest BCUT2D eigenvalue weighted by molar-refractivity contribution is 5.96. The largest absolute Gasteiger partial charge is 0.457 e. The van der Waals surface area contributed by atoms with Gasteiger partial charge in [0.05, 0.1) is 17.2 Å². The Kier molecular flexibility index (Phi) is 4.57. The van der Waals surface area contributed by atoms with Gasteiger partial charge in [0.25, 0.3) is 0 Å². The van der Waals surface area contributed by atoms with Crippen LogP contribution in [0.4, 0.5) is 5.69 Å². The first-order valence-electron chi connectivity index (χ1n) is 7.73. The van der Waals surface area contributed by atoms with Crippen LogP contribution in [0.2, 0.25) is 0 Å². The summed E-state index contributed by atoms with van der Waals surface area (Å²) < 4.78 is 5.27. The first kappa shape index (κ1) is 15.8. The van der Waals surface area contributed by atoms with Crippen molar-refractivity contribution in [3.05, 3.63) is 65.2 Å². The molecular formula is C19H16N2O3. The molecule has 1 N–H and O–H groups in total. The lowest BCUT2D eigenvalue weighted by molar-refractivity contribution is -0.117. The summed E-state index contributed by atoms with van der Waals surface area (Å²) in [5, 5.41) is 11.6. The molecule has 1 saturated carbocycles. The number of ether oxygens (including phenoxy) is 1. The van der Waals surface area contributed by atoms with Crippen molar-refractivity contribution in [1.82, 2.24) is 0 Å². The Morgan fingerprint density at radius 1 is 1.17 bits per heavy atom. The normalized spacial score (nSPS) is 13.0. The van der Waals surface area contributed by atoms with Crippen LogP contribution in [-0.4, -0.2) is 11.9 Å². The molecule has 0 aliphatic heterocycles. The zero-order valence-electron chi connectivity index (χ0n) is 13.0. The van der Waals surface area contributed by atoms with Gasteiger partial charge in [0, 0.05) is 11.6 Å². The van der Waals surface area contributed by atoms with Gasteiger partial charge in [-0.15, -0.1) is 0 Å². The van der Waals surface area contributed by atoms with Crippen LogP contribution in [0.25, 0.3) is 0 Å². The predicted molar refractivity (Wildman–Crippen MR) is 88.1 cm³/mol. The van der Waals surface area contributed by atoms with Gasteiger partial charge in [-0.3, -0.25) is 4.79 Å². The highest BCUT2D eigenvalue weighted by Crippen LogP contribution is 2.30. The van der Waals surface area contributed by atoms with E-state index in [1.165, 1.54) is 0 Å². The highest BCUT2D eigenvalue weighted by atomic mass is 16.5. The molecule has 3 rings (SSSR count). The van der Waals surface area contributed by atoms with Crippen molar-refractivity contribution in [3.63, 3.8) is 0 Å². The van der Waals surface area contributed by atoms with E-state index in [-0.39, 0.29) is 18.4 Å². The molecule has 0 heterocycles. The Morgan fingerprint density at radius 3 is 2.58 bits per heavy atom. The van der Waals surface area contributed by atoms with E-state index in [2.05, 4.69) is 5.32 Å². The molecule has 0 unspecified atom stereocenters. The number of benzene rings is 2. The van der Waals surface area contributed by atoms with Crippen molar-refractivity contribution in [1.29, 1.82) is 5.26 Å². The summed E-state index contributed by atoms with van der Waals surface area (Å²) in [6.07, 6.45) is 1.86. The van der Waals surface area contributed by atoms with Gasteiger partial charge in [-0.2, -0.15) is 5.26 Å². The second-order valence-electron chi connectivity index (χ2n) is 5.73. The fourth-order valence-electron chi connectivity index (χ4n) is 2.22. The lowest BCUT2D eigenvalue weighted by Crippen LogP contribution is -2.14. The van der Waals surface area contributed by atoms with Crippen LogP contribution in [0, 0.1) is 17.2 Å². The number of nitriles is 1. The van der Waals surface area contributed by atoms with E-state index in [1.54, 1.807) is 48.5 Å². The van der Waals surface area contributed by atoms with Crippen LogP contribution in [0.5, 0.6) is 0 Å². The van der Waals surface area contributed by atoms with E-state index < -0.39 is 5.97 Å². The van der Waals surface area contributed by atoms with E-state index >= 15 is 0 Å². The lowest BCUT2D eigenvalue weighted by atomic mass is 10.1. The monoisotopic (exact) mass is 320 g/mol. The second-order valence-corrected chi connectivity index (χ2v) is 5.73. The van der Waals surface area contributed by atoms with Gasteiger partial charge < -0.3 is 10.1 Å². The minimum absolute atomic E-state index is 0.00176. The molecule has 120 valence electrons. The smallest absolute Gasteiger partial charge is 0.338 e. The van der Waals surface area contributed by atoms with E-state index in [0.717, 1.165) is 18.4 Å². The minimum atomic E-state index is -0.457. The van der Waals surface area contributed by atoms with E-state index in [9.17, 15) is 9.59 Å². The van der Waals surface area contributed by atoms with Gasteiger partial charge >= 0.3 is 5.97 Å². The number of carbonyl (C=O) groups excluding carboxylic acids is 2. The van der Waals surface area contributed by atoms with Crippen molar-refractivity contribution in [2.45, 2.75) is 19.4 Å². The minimum Gasteiger partial charge on any atom is -0.457 e. The van der Waals surface area contributed by atoms with Crippen molar-refractivity contribution in [2.75, 3.05) is 5.32 Å². The molecule has 0 bridgehead atoms. The molecule has 1 fully saturated rings. The summed E-state index contributed by atoms with van der Waals surface area (Å²) in [6.45, 7) is 0.128. The number of nitrogens with one attached hydrogen (secondary N) is 1. The molecule has 0 spiro atoms. The number of nitrogens with zero attached hydrogens (tertiary/aromatic N) is 1. The molecular weight excluding hydrogens is 304 g/mol. The highest BCUT2D eigenvalue weighted by Gasteiger charge is 2.29. The van der Waals surface area contributed by atoms with Gasteiger partial charge in [-0.25, -0.2) is 4.79 Å². The van der Waals surface area contributed by atoms with E-state index in [4.69, 9.17) is 10.00 Å². The van der Waals surface area contributed by atoms with Gasteiger partial charge in [0.2, 0.25) is 5.91 Å². The molecule has 1 aliphatic carbocycles. The van der Waals surface area contributed by atoms with Crippen molar-refractivity contribution < 1.29 is 14.3 Å². The van der Waals surface area contributed by atoms with Gasteiger partial charge in [-0.05, 0) is 48.7 Å². The maximum Gasteiger partial charge on any atom is 0.338 e. The first-order valence-corrected chi connectivity index (χ1v) is 7.73. The molecule has 5 nitrogen and oxygen atoms in total. The van der Waals surface area contributed by atoms with Crippen LogP contribution in [0.15, 0.2) is 48.5 Å². The number of hydrogen-bond donors (Lipinski definition) is 1. The van der Waals surface area contributed by atoms with Gasteiger partial charge in [0.1, 0.15) is 6.61 Å². The molecule has 2 aromatic carbocycles. The van der Waals surface area contributed by atoms with E-state index in [1.807, 2.05) is 6.07 Å². The maximum absolute atomic E-state index is 12.1. The maximum atomic E-state index is 12.1. The Balaban J connectivity index is 1.59. The number of hydrogen-bond acceptors (Lipinski definition) is 4. The fraction of sp³-hybridized carbons (Fsp3) is 0.211. The predicted octanol–water partition coefficient (Wildman–Crippen LogP) is 3.26. The van der Waals surface area contributed by atoms with Gasteiger partial charge in [0.15, 0.2) is 0 Å². The van der Waals surface area contributed by atoms with E-state index in [0.29, 0.717) is 16.8 Å². The molecule has 1 aliphatic rings. The average molecular weight is 320 g/mol. The van der Waals surface area contributed by atoms with Crippen molar-refractivity contribution in [2.24, 2.45) is 5.92 Å². The number of carbonyl (C=O) groups is 2. The third-order valence-electron chi connectivity index (χ3n) is 3.77. The Hall–Kier alpha value is -3.13. The molecule has 24 heavy (non-hydrogen) atoms. The molecule has 0 radical (unpaired) electrons. The van der Waals surface area contributed by atoms with Crippen LogP contribution in [-0.2, 0) is 16.1 Å². The fourth-order valence-corrected chi connectivity index (χ4v) is 2.22. The van der Waals surface area contributed by atoms with Crippen molar-refractivity contribution >= 4 is 17.6 Å². The van der Waals surface area contributed by atoms with Crippen LogP contribution in [0.3, 0.4) is 0 Å². The lowest BCUT2D eigenvalue weighted by Gasteiger charge is -2.08. The van der Waals surface area contributed by atoms with Crippen LogP contribution >= 0.6 is 0 Å². The topological polar surface area (TPSA) is 79.2 Å². The van der Waals surface area contributed by atoms with Crippen molar-refractivity contribution in [3.8, 4) is 6.07 Å². The molecule has 0 aromatic heterocycles. The molecule has 0 atom stereocenters. The Bertz CT molecular complexity index is 802. The summed E-state index contributed by atoms with van der Waals surface area (Å²) in [7, 11) is 0. The van der Waals surface area contributed by atoms with Crippen LogP contribution in [0.1, 0.15) is 34.3 Å². The zero-order valence-corrected chi connectivity index (χ0v) is 13.0. The molecule has 0 saturated heterocycles. The third kappa shape index (κ3) is 3.99. The number of anilines is 1. The molecule has 5 heteroatoms. The summed E-state index contributed by atoms with van der Waals surface area (Å²) >= 11 is 0. The van der Waals surface area contributed by atoms with Gasteiger partial charge in [-0.1, -0.05) is 18.2 Å².